The van der Waals surface area contributed by atoms with Gasteiger partial charge < -0.3 is 24.5 Å². The summed E-state index contributed by atoms with van der Waals surface area (Å²) in [6, 6.07) is 5.39. The van der Waals surface area contributed by atoms with Gasteiger partial charge in [-0.3, -0.25) is 10.6 Å². The number of carbonyl (C=O) groups is 1. The SMILES string of the molecule is C=C(/C=C\NN)CN(C)C(=O)Cc1ccc(OCC[C@@H]2C[C@@H]2C2CCN(c3nc(C(C)C)no3)CC2)cc1F. The third-order valence-electron chi connectivity index (χ3n) is 7.75. The van der Waals surface area contributed by atoms with Crippen LogP contribution >= 0.6 is 0 Å². The summed E-state index contributed by atoms with van der Waals surface area (Å²) in [6.07, 6.45) is 7.67. The van der Waals surface area contributed by atoms with Crippen LogP contribution in [0.2, 0.25) is 0 Å². The Kier molecular flexibility index (Phi) is 9.61. The van der Waals surface area contributed by atoms with E-state index in [0.29, 0.717) is 42.0 Å². The second-order valence-corrected chi connectivity index (χ2v) is 11.0. The van der Waals surface area contributed by atoms with Crippen LogP contribution in [0.3, 0.4) is 0 Å². The first kappa shape index (κ1) is 28.6. The van der Waals surface area contributed by atoms with Crippen LogP contribution in [0.5, 0.6) is 5.75 Å². The highest BCUT2D eigenvalue weighted by Gasteiger charge is 2.43. The largest absolute Gasteiger partial charge is 0.493 e. The fourth-order valence-electron chi connectivity index (χ4n) is 5.29. The molecule has 4 rings (SSSR count). The molecule has 2 fully saturated rings. The van der Waals surface area contributed by atoms with Gasteiger partial charge >= 0.3 is 6.01 Å². The molecule has 212 valence electrons. The van der Waals surface area contributed by atoms with E-state index >= 15 is 0 Å². The number of halogens is 1. The average Bonchev–Trinajstić information content (AvgIpc) is 3.51. The lowest BCUT2D eigenvalue weighted by Gasteiger charge is -2.30. The van der Waals surface area contributed by atoms with E-state index < -0.39 is 5.82 Å². The Bertz CT molecular complexity index is 1160. The van der Waals surface area contributed by atoms with Gasteiger partial charge in [-0.2, -0.15) is 4.98 Å². The number of nitrogens with two attached hydrogens (primary N) is 1. The lowest BCUT2D eigenvalue weighted by Crippen LogP contribution is -2.34. The third-order valence-corrected chi connectivity index (χ3v) is 7.75. The summed E-state index contributed by atoms with van der Waals surface area (Å²) in [5, 5.41) is 4.08. The topological polar surface area (TPSA) is 110 Å². The van der Waals surface area contributed by atoms with Gasteiger partial charge in [0, 0.05) is 44.9 Å². The van der Waals surface area contributed by atoms with Crippen molar-refractivity contribution >= 4 is 11.9 Å². The molecule has 10 heteroatoms. The molecular formula is C29H41FN6O3. The molecule has 2 atom stereocenters. The van der Waals surface area contributed by atoms with Crippen molar-refractivity contribution < 1.29 is 18.4 Å². The molecule has 3 N–H and O–H groups in total. The van der Waals surface area contributed by atoms with Crippen molar-refractivity contribution in [1.82, 2.24) is 20.5 Å². The normalized spacial score (nSPS) is 19.5. The number of hydrogen-bond acceptors (Lipinski definition) is 8. The summed E-state index contributed by atoms with van der Waals surface area (Å²) < 4.78 is 26.0. The molecule has 1 aromatic carbocycles. The highest BCUT2D eigenvalue weighted by molar-refractivity contribution is 5.79. The molecule has 39 heavy (non-hydrogen) atoms. The Morgan fingerprint density at radius 2 is 2.15 bits per heavy atom. The summed E-state index contributed by atoms with van der Waals surface area (Å²) in [4.78, 5) is 20.7. The van der Waals surface area contributed by atoms with Gasteiger partial charge in [0.2, 0.25) is 5.91 Å². The van der Waals surface area contributed by atoms with Crippen LogP contribution in [0.15, 0.2) is 47.2 Å². The number of anilines is 1. The zero-order chi connectivity index (χ0) is 27.9. The first-order valence-electron chi connectivity index (χ1n) is 13.8. The first-order valence-corrected chi connectivity index (χ1v) is 13.8. The maximum atomic E-state index is 14.7. The lowest BCUT2D eigenvalue weighted by atomic mass is 9.90. The number of hydrazine groups is 1. The van der Waals surface area contributed by atoms with Crippen LogP contribution in [0.4, 0.5) is 10.4 Å². The van der Waals surface area contributed by atoms with Crippen molar-refractivity contribution in [2.75, 3.05) is 38.2 Å². The minimum Gasteiger partial charge on any atom is -0.493 e. The van der Waals surface area contributed by atoms with Crippen LogP contribution in [0.25, 0.3) is 0 Å². The molecule has 9 nitrogen and oxygen atoms in total. The summed E-state index contributed by atoms with van der Waals surface area (Å²) in [6.45, 7) is 10.8. The van der Waals surface area contributed by atoms with Crippen LogP contribution < -0.4 is 20.9 Å². The number of nitrogens with one attached hydrogen (secondary N) is 1. The molecule has 2 aromatic rings. The predicted octanol–water partition coefficient (Wildman–Crippen LogP) is 4.19. The van der Waals surface area contributed by atoms with E-state index in [0.717, 1.165) is 50.0 Å². The van der Waals surface area contributed by atoms with Crippen molar-refractivity contribution in [3.63, 3.8) is 0 Å². The number of amides is 1. The second kappa shape index (κ2) is 13.1. The minimum atomic E-state index is -0.432. The van der Waals surface area contributed by atoms with Crippen molar-refractivity contribution in [2.24, 2.45) is 23.6 Å². The average molecular weight is 541 g/mol. The number of piperidine rings is 1. The van der Waals surface area contributed by atoms with E-state index in [2.05, 4.69) is 40.9 Å². The van der Waals surface area contributed by atoms with Gasteiger partial charge in [-0.15, -0.1) is 0 Å². The zero-order valence-electron chi connectivity index (χ0n) is 23.2. The third kappa shape index (κ3) is 7.81. The number of hydrogen-bond donors (Lipinski definition) is 2. The molecule has 1 amide bonds. The predicted molar refractivity (Wildman–Crippen MR) is 148 cm³/mol. The number of ether oxygens (including phenoxy) is 1. The number of likely N-dealkylation sites (N-methyl/N-ethyl adjacent to an activating group) is 1. The van der Waals surface area contributed by atoms with E-state index in [1.165, 1.54) is 23.6 Å². The fraction of sp³-hybridized carbons (Fsp3) is 0.552. The molecule has 1 saturated heterocycles. The molecule has 0 radical (unpaired) electrons. The zero-order valence-corrected chi connectivity index (χ0v) is 23.2. The molecule has 0 bridgehead atoms. The van der Waals surface area contributed by atoms with Gasteiger partial charge in [0.05, 0.1) is 13.0 Å². The highest BCUT2D eigenvalue weighted by atomic mass is 19.1. The molecule has 1 aliphatic carbocycles. The van der Waals surface area contributed by atoms with Gasteiger partial charge in [0.1, 0.15) is 11.6 Å². The van der Waals surface area contributed by atoms with Crippen molar-refractivity contribution in [1.29, 1.82) is 0 Å². The standard InChI is InChI=1S/C29H41FN6O3/c1-19(2)28-33-29(39-34-28)36-12-8-21(9-13-36)25-15-22(25)10-14-38-24-6-5-23(26(30)17-24)16-27(37)35(4)18-20(3)7-11-32-31/h5-7,11,17,19,21-22,25,32H,3,8-10,12-16,18,31H2,1-2,4H3/b11-7-/t22-,25-/m1/s1. The lowest BCUT2D eigenvalue weighted by molar-refractivity contribution is -0.128. The molecule has 2 aliphatic rings. The second-order valence-electron chi connectivity index (χ2n) is 11.0. The highest BCUT2D eigenvalue weighted by Crippen LogP contribution is 2.50. The van der Waals surface area contributed by atoms with Crippen molar-refractivity contribution in [3.05, 3.63) is 59.8 Å². The van der Waals surface area contributed by atoms with E-state index in [1.54, 1.807) is 25.3 Å². The smallest absolute Gasteiger partial charge is 0.324 e. The molecule has 1 aliphatic heterocycles. The van der Waals surface area contributed by atoms with E-state index in [4.69, 9.17) is 15.1 Å². The summed E-state index contributed by atoms with van der Waals surface area (Å²) in [5.41, 5.74) is 3.44. The number of nitrogens with zero attached hydrogens (tertiary/aromatic N) is 4. The Hall–Kier alpha value is -3.40. The quantitative estimate of drug-likeness (QED) is 0.221. The van der Waals surface area contributed by atoms with Gasteiger partial charge in [-0.25, -0.2) is 4.39 Å². The Morgan fingerprint density at radius 3 is 2.82 bits per heavy atom. The number of aromatic nitrogens is 2. The minimum absolute atomic E-state index is 0.0251. The fourth-order valence-corrected chi connectivity index (χ4v) is 5.29. The monoisotopic (exact) mass is 540 g/mol. The van der Waals surface area contributed by atoms with Crippen molar-refractivity contribution in [2.45, 2.75) is 51.9 Å². The number of benzene rings is 1. The van der Waals surface area contributed by atoms with Crippen molar-refractivity contribution in [3.8, 4) is 5.75 Å². The van der Waals surface area contributed by atoms with Gasteiger partial charge in [0.25, 0.3) is 0 Å². The summed E-state index contributed by atoms with van der Waals surface area (Å²) >= 11 is 0. The van der Waals surface area contributed by atoms with Crippen LogP contribution in [-0.4, -0.2) is 54.2 Å². The Balaban J connectivity index is 1.15. The molecule has 1 saturated carbocycles. The molecule has 0 spiro atoms. The summed E-state index contributed by atoms with van der Waals surface area (Å²) in [7, 11) is 1.66. The van der Waals surface area contributed by atoms with E-state index in [9.17, 15) is 9.18 Å². The molecular weight excluding hydrogens is 499 g/mol. The van der Waals surface area contributed by atoms with Gasteiger partial charge in [0.15, 0.2) is 5.82 Å². The molecule has 0 unspecified atom stereocenters. The Morgan fingerprint density at radius 1 is 1.38 bits per heavy atom. The maximum Gasteiger partial charge on any atom is 0.324 e. The maximum absolute atomic E-state index is 14.7. The van der Waals surface area contributed by atoms with Crippen LogP contribution in [0.1, 0.15) is 56.8 Å². The van der Waals surface area contributed by atoms with Crippen LogP contribution in [-0.2, 0) is 11.2 Å². The molecule has 2 heterocycles. The molecule has 1 aromatic heterocycles. The van der Waals surface area contributed by atoms with E-state index in [-0.39, 0.29) is 18.2 Å². The Labute approximate surface area is 230 Å². The van der Waals surface area contributed by atoms with Gasteiger partial charge in [-0.05, 0) is 66.7 Å². The number of carbonyl (C=O) groups excluding carboxylic acids is 1. The van der Waals surface area contributed by atoms with Gasteiger partial charge in [-0.1, -0.05) is 31.6 Å². The number of rotatable bonds is 13. The van der Waals surface area contributed by atoms with Crippen LogP contribution in [0, 0.1) is 23.6 Å². The van der Waals surface area contributed by atoms with E-state index in [1.807, 2.05) is 0 Å². The first-order chi connectivity index (χ1) is 18.7. The summed E-state index contributed by atoms with van der Waals surface area (Å²) in [5.74, 6) is 8.22.